The van der Waals surface area contributed by atoms with Crippen LogP contribution < -0.4 is 10.2 Å². The number of carbonyl (C=O) groups is 1. The van der Waals surface area contributed by atoms with Crippen LogP contribution in [0.15, 0.2) is 76.6 Å². The molecule has 1 N–H and O–H groups in total. The van der Waals surface area contributed by atoms with Gasteiger partial charge in [0.2, 0.25) is 0 Å². The molecule has 0 radical (unpaired) electrons. The Hall–Kier alpha value is -2.70. The lowest BCUT2D eigenvalue weighted by atomic mass is 10.2. The van der Waals surface area contributed by atoms with Gasteiger partial charge in [-0.25, -0.2) is 5.43 Å². The molecule has 27 heavy (non-hydrogen) atoms. The molecule has 0 aliphatic heterocycles. The number of hydrogen-bond donors (Lipinski definition) is 1. The van der Waals surface area contributed by atoms with Gasteiger partial charge in [-0.15, -0.1) is 0 Å². The first-order valence-electron chi connectivity index (χ1n) is 8.02. The SMILES string of the molecule is O=C(N/N=C\c1ccc(OCc2ccccc2Cl)c(Br)c1)c1cccnc1. The van der Waals surface area contributed by atoms with Crippen LogP contribution in [0, 0.1) is 0 Å². The van der Waals surface area contributed by atoms with E-state index in [0.717, 1.165) is 15.6 Å². The number of ether oxygens (including phenoxy) is 1. The molecule has 7 heteroatoms. The molecule has 0 fully saturated rings. The van der Waals surface area contributed by atoms with E-state index in [1.54, 1.807) is 24.5 Å². The lowest BCUT2D eigenvalue weighted by molar-refractivity contribution is 0.0955. The fraction of sp³-hybridized carbons (Fsp3) is 0.0500. The standard InChI is InChI=1S/C20H15BrClN3O2/c21-17-10-14(11-24-25-20(26)15-5-3-9-23-12-15)7-8-19(17)27-13-16-4-1-2-6-18(16)22/h1-12H,13H2,(H,25,26)/b24-11-. The summed E-state index contributed by atoms with van der Waals surface area (Å²) < 4.78 is 6.58. The van der Waals surface area contributed by atoms with E-state index in [-0.39, 0.29) is 5.91 Å². The van der Waals surface area contributed by atoms with E-state index in [9.17, 15) is 4.79 Å². The van der Waals surface area contributed by atoms with Crippen molar-refractivity contribution in [3.05, 3.63) is 93.2 Å². The van der Waals surface area contributed by atoms with Crippen LogP contribution in [0.2, 0.25) is 5.02 Å². The topological polar surface area (TPSA) is 63.6 Å². The molecular weight excluding hydrogens is 430 g/mol. The fourth-order valence-corrected chi connectivity index (χ4v) is 2.91. The summed E-state index contributed by atoms with van der Waals surface area (Å²) in [5.41, 5.74) is 4.62. The van der Waals surface area contributed by atoms with E-state index in [0.29, 0.717) is 22.9 Å². The van der Waals surface area contributed by atoms with Gasteiger partial charge in [0.25, 0.3) is 5.91 Å². The third kappa shape index (κ3) is 5.39. The maximum Gasteiger partial charge on any atom is 0.272 e. The van der Waals surface area contributed by atoms with Crippen LogP contribution in [0.5, 0.6) is 5.75 Å². The van der Waals surface area contributed by atoms with Crippen molar-refractivity contribution in [3.8, 4) is 5.75 Å². The molecule has 0 aliphatic carbocycles. The van der Waals surface area contributed by atoms with Crippen LogP contribution in [0.4, 0.5) is 0 Å². The first-order valence-corrected chi connectivity index (χ1v) is 9.20. The molecule has 1 aromatic heterocycles. The van der Waals surface area contributed by atoms with Gasteiger partial charge in [0.15, 0.2) is 0 Å². The molecule has 3 rings (SSSR count). The van der Waals surface area contributed by atoms with E-state index >= 15 is 0 Å². The molecule has 3 aromatic rings. The van der Waals surface area contributed by atoms with Gasteiger partial charge in [-0.3, -0.25) is 9.78 Å². The predicted molar refractivity (Wildman–Crippen MR) is 109 cm³/mol. The maximum absolute atomic E-state index is 11.9. The third-order valence-corrected chi connectivity index (χ3v) is 4.59. The average molecular weight is 445 g/mol. The normalized spacial score (nSPS) is 10.7. The van der Waals surface area contributed by atoms with Gasteiger partial charge < -0.3 is 4.74 Å². The Labute approximate surface area is 170 Å². The van der Waals surface area contributed by atoms with E-state index in [2.05, 4.69) is 31.4 Å². The van der Waals surface area contributed by atoms with Crippen molar-refractivity contribution in [1.82, 2.24) is 10.4 Å². The first kappa shape index (κ1) is 19.1. The lowest BCUT2D eigenvalue weighted by Gasteiger charge is -2.10. The van der Waals surface area contributed by atoms with Crippen LogP contribution in [-0.4, -0.2) is 17.1 Å². The van der Waals surface area contributed by atoms with E-state index in [1.807, 2.05) is 42.5 Å². The Balaban J connectivity index is 1.59. The summed E-state index contributed by atoms with van der Waals surface area (Å²) >= 11 is 9.62. The molecule has 136 valence electrons. The quantitative estimate of drug-likeness (QED) is 0.437. The molecule has 1 heterocycles. The minimum absolute atomic E-state index is 0.321. The molecule has 0 bridgehead atoms. The summed E-state index contributed by atoms with van der Waals surface area (Å²) in [7, 11) is 0. The number of hydrogen-bond acceptors (Lipinski definition) is 4. The number of aromatic nitrogens is 1. The number of pyridine rings is 1. The number of benzene rings is 2. The van der Waals surface area contributed by atoms with Crippen molar-refractivity contribution in [2.45, 2.75) is 6.61 Å². The van der Waals surface area contributed by atoms with Crippen molar-refractivity contribution in [1.29, 1.82) is 0 Å². The fourth-order valence-electron chi connectivity index (χ4n) is 2.21. The first-order chi connectivity index (χ1) is 13.1. The van der Waals surface area contributed by atoms with Crippen molar-refractivity contribution < 1.29 is 9.53 Å². The third-order valence-electron chi connectivity index (χ3n) is 3.60. The molecule has 0 saturated carbocycles. The number of nitrogens with one attached hydrogen (secondary N) is 1. The largest absolute Gasteiger partial charge is 0.488 e. The molecule has 0 saturated heterocycles. The van der Waals surface area contributed by atoms with E-state index in [1.165, 1.54) is 6.20 Å². The summed E-state index contributed by atoms with van der Waals surface area (Å²) in [6.07, 6.45) is 4.64. The zero-order chi connectivity index (χ0) is 19.1. The smallest absolute Gasteiger partial charge is 0.272 e. The van der Waals surface area contributed by atoms with E-state index in [4.69, 9.17) is 16.3 Å². The Bertz CT molecular complexity index is 964. The van der Waals surface area contributed by atoms with Crippen molar-refractivity contribution in [3.63, 3.8) is 0 Å². The molecule has 0 aliphatic rings. The zero-order valence-corrected chi connectivity index (χ0v) is 16.4. The van der Waals surface area contributed by atoms with Crippen LogP contribution in [0.3, 0.4) is 0 Å². The minimum Gasteiger partial charge on any atom is -0.488 e. The Morgan fingerprint density at radius 3 is 2.81 bits per heavy atom. The second kappa shape index (κ2) is 9.30. The summed E-state index contributed by atoms with van der Waals surface area (Å²) in [5.74, 6) is 0.365. The van der Waals surface area contributed by atoms with Crippen molar-refractivity contribution >= 4 is 39.7 Å². The second-order valence-electron chi connectivity index (χ2n) is 5.51. The highest BCUT2D eigenvalue weighted by Gasteiger charge is 2.05. The highest BCUT2D eigenvalue weighted by Crippen LogP contribution is 2.27. The highest BCUT2D eigenvalue weighted by molar-refractivity contribution is 9.10. The maximum atomic E-state index is 11.9. The summed E-state index contributed by atoms with van der Waals surface area (Å²) in [6.45, 7) is 0.368. The molecule has 0 atom stereocenters. The van der Waals surface area contributed by atoms with Crippen LogP contribution in [0.25, 0.3) is 0 Å². The summed E-state index contributed by atoms with van der Waals surface area (Å²) in [6, 6.07) is 16.4. The lowest BCUT2D eigenvalue weighted by Crippen LogP contribution is -2.17. The molecule has 0 spiro atoms. The molecule has 2 aromatic carbocycles. The van der Waals surface area contributed by atoms with Crippen LogP contribution in [0.1, 0.15) is 21.5 Å². The van der Waals surface area contributed by atoms with Crippen molar-refractivity contribution in [2.75, 3.05) is 0 Å². The van der Waals surface area contributed by atoms with Gasteiger partial charge in [0, 0.05) is 23.0 Å². The van der Waals surface area contributed by atoms with Crippen LogP contribution in [-0.2, 0) is 6.61 Å². The van der Waals surface area contributed by atoms with Gasteiger partial charge >= 0.3 is 0 Å². The van der Waals surface area contributed by atoms with Gasteiger partial charge in [-0.05, 0) is 57.9 Å². The number of rotatable bonds is 6. The van der Waals surface area contributed by atoms with Crippen LogP contribution >= 0.6 is 27.5 Å². The Morgan fingerprint density at radius 2 is 2.07 bits per heavy atom. The van der Waals surface area contributed by atoms with Crippen molar-refractivity contribution in [2.24, 2.45) is 5.10 Å². The zero-order valence-electron chi connectivity index (χ0n) is 14.1. The number of hydrazone groups is 1. The average Bonchev–Trinajstić information content (AvgIpc) is 2.69. The Kier molecular flexibility index (Phi) is 6.57. The Morgan fingerprint density at radius 1 is 1.22 bits per heavy atom. The number of carbonyl (C=O) groups excluding carboxylic acids is 1. The van der Waals surface area contributed by atoms with E-state index < -0.39 is 0 Å². The van der Waals surface area contributed by atoms with Gasteiger partial charge in [-0.2, -0.15) is 5.10 Å². The number of nitrogens with zero attached hydrogens (tertiary/aromatic N) is 2. The predicted octanol–water partition coefficient (Wildman–Crippen LogP) is 4.84. The van der Waals surface area contributed by atoms with Gasteiger partial charge in [0.1, 0.15) is 12.4 Å². The minimum atomic E-state index is -0.321. The second-order valence-corrected chi connectivity index (χ2v) is 6.77. The van der Waals surface area contributed by atoms with Gasteiger partial charge in [-0.1, -0.05) is 29.8 Å². The molecular formula is C20H15BrClN3O2. The number of halogens is 2. The van der Waals surface area contributed by atoms with Gasteiger partial charge in [0.05, 0.1) is 16.3 Å². The molecule has 1 amide bonds. The summed E-state index contributed by atoms with van der Waals surface area (Å²) in [4.78, 5) is 15.8. The molecule has 0 unspecified atom stereocenters. The highest BCUT2D eigenvalue weighted by atomic mass is 79.9. The number of amides is 1. The monoisotopic (exact) mass is 443 g/mol. The molecule has 5 nitrogen and oxygen atoms in total. The summed E-state index contributed by atoms with van der Waals surface area (Å²) in [5, 5.41) is 4.63.